The maximum absolute atomic E-state index is 12.9. The summed E-state index contributed by atoms with van der Waals surface area (Å²) in [5.41, 5.74) is -0.344. The number of phenolic OH excluding ortho intramolecular Hbond substituents is 1. The Morgan fingerprint density at radius 2 is 1.79 bits per heavy atom. The average molecular weight is 340 g/mol. The molecule has 1 aromatic carbocycles. The van der Waals surface area contributed by atoms with Gasteiger partial charge in [-0.15, -0.1) is 0 Å². The highest BCUT2D eigenvalue weighted by Gasteiger charge is 2.34. The van der Waals surface area contributed by atoms with Gasteiger partial charge in [0.1, 0.15) is 11.9 Å². The molecule has 3 unspecified atom stereocenters. The number of benzene rings is 1. The van der Waals surface area contributed by atoms with Crippen LogP contribution in [0.15, 0.2) is 24.3 Å². The van der Waals surface area contributed by atoms with E-state index in [0.29, 0.717) is 18.1 Å². The van der Waals surface area contributed by atoms with Crippen LogP contribution < -0.4 is 0 Å². The van der Waals surface area contributed by atoms with Crippen LogP contribution in [0.2, 0.25) is 0 Å². The van der Waals surface area contributed by atoms with E-state index in [-0.39, 0.29) is 22.9 Å². The van der Waals surface area contributed by atoms with Crippen molar-refractivity contribution in [3.8, 4) is 17.0 Å². The topological polar surface area (TPSA) is 86.5 Å². The fourth-order valence-electron chi connectivity index (χ4n) is 2.85. The van der Waals surface area contributed by atoms with Crippen molar-refractivity contribution < 1.29 is 28.5 Å². The lowest BCUT2D eigenvalue weighted by molar-refractivity contribution is -0.137. The van der Waals surface area contributed by atoms with Gasteiger partial charge in [-0.05, 0) is 36.6 Å². The normalized spacial score (nSPS) is 23.8. The molecule has 8 heteroatoms. The Bertz CT molecular complexity index is 780. The Labute approximate surface area is 135 Å². The van der Waals surface area contributed by atoms with Crippen molar-refractivity contribution in [1.29, 1.82) is 0 Å². The number of hydrogen-bond donors (Lipinski definition) is 3. The summed E-state index contributed by atoms with van der Waals surface area (Å²) < 4.78 is 38.6. The number of aliphatic hydroxyl groups excluding tert-OH is 2. The molecule has 24 heavy (non-hydrogen) atoms. The zero-order chi connectivity index (χ0) is 17.6. The maximum atomic E-state index is 12.9. The Hall–Kier alpha value is -2.19. The zero-order valence-electron chi connectivity index (χ0n) is 12.6. The third-order valence-corrected chi connectivity index (χ3v) is 4.17. The smallest absolute Gasteiger partial charge is 0.416 e. The van der Waals surface area contributed by atoms with E-state index in [1.54, 1.807) is 6.92 Å². The fourth-order valence-corrected chi connectivity index (χ4v) is 2.85. The minimum atomic E-state index is -4.61. The largest absolute Gasteiger partial charge is 0.508 e. The van der Waals surface area contributed by atoms with Gasteiger partial charge in [-0.1, -0.05) is 6.92 Å². The summed E-state index contributed by atoms with van der Waals surface area (Å²) in [7, 11) is 0. The second kappa shape index (κ2) is 5.71. The van der Waals surface area contributed by atoms with Gasteiger partial charge >= 0.3 is 6.18 Å². The van der Waals surface area contributed by atoms with E-state index in [0.717, 1.165) is 12.1 Å². The van der Waals surface area contributed by atoms with Crippen molar-refractivity contribution in [2.24, 2.45) is 5.92 Å². The Kier molecular flexibility index (Phi) is 3.97. The molecule has 1 heterocycles. The van der Waals surface area contributed by atoms with Crippen molar-refractivity contribution in [3.63, 3.8) is 0 Å². The summed E-state index contributed by atoms with van der Waals surface area (Å²) in [6.45, 7) is 1.76. The zero-order valence-corrected chi connectivity index (χ0v) is 12.6. The van der Waals surface area contributed by atoms with Crippen molar-refractivity contribution in [2.75, 3.05) is 0 Å². The number of aliphatic hydroxyl groups is 2. The summed E-state index contributed by atoms with van der Waals surface area (Å²) >= 11 is 0. The first-order chi connectivity index (χ1) is 11.2. The number of halogens is 3. The summed E-state index contributed by atoms with van der Waals surface area (Å²) in [4.78, 5) is 0. The maximum Gasteiger partial charge on any atom is 0.416 e. The molecule has 128 valence electrons. The van der Waals surface area contributed by atoms with Crippen LogP contribution in [0.5, 0.6) is 5.75 Å². The minimum absolute atomic E-state index is 0.0259. The molecule has 0 radical (unpaired) electrons. The van der Waals surface area contributed by atoms with E-state index < -0.39 is 29.7 Å². The van der Waals surface area contributed by atoms with Crippen molar-refractivity contribution >= 4 is 0 Å². The molecule has 1 aromatic heterocycles. The number of rotatable bonds is 1. The molecule has 0 spiro atoms. The first-order valence-corrected chi connectivity index (χ1v) is 7.32. The molecule has 0 fully saturated rings. The summed E-state index contributed by atoms with van der Waals surface area (Å²) in [6, 6.07) is 4.01. The second-order valence-corrected chi connectivity index (χ2v) is 6.01. The van der Waals surface area contributed by atoms with Gasteiger partial charge in [0.15, 0.2) is 0 Å². The Morgan fingerprint density at radius 3 is 2.46 bits per heavy atom. The summed E-state index contributed by atoms with van der Waals surface area (Å²) in [6.07, 6.45) is -6.07. The van der Waals surface area contributed by atoms with E-state index in [9.17, 15) is 28.5 Å². The van der Waals surface area contributed by atoms with Gasteiger partial charge in [0.25, 0.3) is 0 Å². The number of aromatic hydroxyl groups is 1. The number of aromatic nitrogens is 2. The molecule has 5 nitrogen and oxygen atoms in total. The molecule has 1 aliphatic rings. The number of nitrogens with zero attached hydrogens (tertiary/aromatic N) is 2. The van der Waals surface area contributed by atoms with Gasteiger partial charge < -0.3 is 15.3 Å². The molecular weight excluding hydrogens is 325 g/mol. The van der Waals surface area contributed by atoms with Crippen molar-refractivity contribution in [3.05, 3.63) is 41.1 Å². The van der Waals surface area contributed by atoms with Crippen LogP contribution in [-0.2, 0) is 6.18 Å². The van der Waals surface area contributed by atoms with Crippen LogP contribution in [0.3, 0.4) is 0 Å². The molecule has 3 atom stereocenters. The van der Waals surface area contributed by atoms with Gasteiger partial charge in [-0.2, -0.15) is 23.4 Å². The monoisotopic (exact) mass is 340 g/mol. The summed E-state index contributed by atoms with van der Waals surface area (Å²) in [5, 5.41) is 37.5. The number of fused-ring (bicyclic) bond motifs is 1. The molecule has 3 rings (SSSR count). The van der Waals surface area contributed by atoms with Crippen LogP contribution in [-0.4, -0.2) is 25.5 Å². The van der Waals surface area contributed by atoms with Crippen LogP contribution in [0.25, 0.3) is 11.3 Å². The lowest BCUT2D eigenvalue weighted by Crippen LogP contribution is -2.23. The van der Waals surface area contributed by atoms with Crippen molar-refractivity contribution in [2.45, 2.75) is 31.7 Å². The van der Waals surface area contributed by atoms with Crippen molar-refractivity contribution in [1.82, 2.24) is 10.2 Å². The van der Waals surface area contributed by atoms with Crippen LogP contribution >= 0.6 is 0 Å². The first kappa shape index (κ1) is 16.7. The quantitative estimate of drug-likeness (QED) is 0.743. The minimum Gasteiger partial charge on any atom is -0.508 e. The SMILES string of the molecule is CC1CC(O)c2cc(-c3cc(O)cc(C(F)(F)F)c3)nnc2C1O. The van der Waals surface area contributed by atoms with Gasteiger partial charge in [0, 0.05) is 11.1 Å². The second-order valence-electron chi connectivity index (χ2n) is 6.01. The summed E-state index contributed by atoms with van der Waals surface area (Å²) in [5.74, 6) is -0.751. The number of alkyl halides is 3. The predicted molar refractivity (Wildman–Crippen MR) is 77.8 cm³/mol. The molecular formula is C16H15F3N2O3. The molecule has 0 amide bonds. The molecule has 0 bridgehead atoms. The fraction of sp³-hybridized carbons (Fsp3) is 0.375. The standard InChI is InChI=1S/C16H15F3N2O3/c1-7-2-13(23)11-6-12(20-21-14(11)15(7)24)8-3-9(16(17,18)19)5-10(22)4-8/h3-7,13,15,22-24H,2H2,1H3. The lowest BCUT2D eigenvalue weighted by Gasteiger charge is -2.29. The predicted octanol–water partition coefficient (Wildman–Crippen LogP) is 2.97. The van der Waals surface area contributed by atoms with Gasteiger partial charge in [-0.25, -0.2) is 0 Å². The van der Waals surface area contributed by atoms with E-state index in [2.05, 4.69) is 10.2 Å². The Balaban J connectivity index is 2.09. The number of phenols is 1. The van der Waals surface area contributed by atoms with Gasteiger partial charge in [-0.3, -0.25) is 0 Å². The molecule has 1 aliphatic carbocycles. The van der Waals surface area contributed by atoms with Crippen LogP contribution in [0, 0.1) is 5.92 Å². The highest BCUT2D eigenvalue weighted by molar-refractivity contribution is 5.63. The third kappa shape index (κ3) is 2.94. The first-order valence-electron chi connectivity index (χ1n) is 7.32. The molecule has 3 N–H and O–H groups in total. The van der Waals surface area contributed by atoms with Gasteiger partial charge in [0.05, 0.1) is 23.1 Å². The van der Waals surface area contributed by atoms with E-state index in [4.69, 9.17) is 0 Å². The lowest BCUT2D eigenvalue weighted by atomic mass is 9.83. The van der Waals surface area contributed by atoms with Gasteiger partial charge in [0.2, 0.25) is 0 Å². The van der Waals surface area contributed by atoms with E-state index >= 15 is 0 Å². The molecule has 2 aromatic rings. The van der Waals surface area contributed by atoms with E-state index in [1.165, 1.54) is 6.07 Å². The molecule has 0 saturated heterocycles. The average Bonchev–Trinajstić information content (AvgIpc) is 2.51. The van der Waals surface area contributed by atoms with E-state index in [1.807, 2.05) is 0 Å². The van der Waals surface area contributed by atoms with Crippen LogP contribution in [0.1, 0.15) is 42.4 Å². The van der Waals surface area contributed by atoms with Crippen LogP contribution in [0.4, 0.5) is 13.2 Å². The Morgan fingerprint density at radius 1 is 1.08 bits per heavy atom. The third-order valence-electron chi connectivity index (χ3n) is 4.17. The highest BCUT2D eigenvalue weighted by atomic mass is 19.4. The molecule has 0 aliphatic heterocycles. The molecule has 0 saturated carbocycles. The highest BCUT2D eigenvalue weighted by Crippen LogP contribution is 2.40. The number of hydrogen-bond acceptors (Lipinski definition) is 5.